The van der Waals surface area contributed by atoms with Gasteiger partial charge in [-0.25, -0.2) is 0 Å². The fraction of sp³-hybridized carbons (Fsp3) is 0.333. The molecular weight excluding hydrogens is 270 g/mol. The van der Waals surface area contributed by atoms with E-state index in [0.29, 0.717) is 13.2 Å². The number of hydrogen-bond acceptors (Lipinski definition) is 7. The molecule has 0 atom stereocenters. The molecule has 9 heteroatoms. The Morgan fingerprint density at radius 1 is 0.952 bits per heavy atom. The molecule has 1 aromatic rings. The molecular formula is C12H14Li2O7. The van der Waals surface area contributed by atoms with Crippen LogP contribution in [0.1, 0.15) is 20.7 Å². The first kappa shape index (κ1) is 25.2. The molecule has 0 unspecified atom stereocenters. The molecule has 0 aliphatic rings. The van der Waals surface area contributed by atoms with Gasteiger partial charge in [-0.3, -0.25) is 0 Å². The summed E-state index contributed by atoms with van der Waals surface area (Å²) in [5.41, 5.74) is -0.339. The van der Waals surface area contributed by atoms with Crippen LogP contribution in [0.15, 0.2) is 24.3 Å². The van der Waals surface area contributed by atoms with Gasteiger partial charge in [0.25, 0.3) is 0 Å². The third-order valence-corrected chi connectivity index (χ3v) is 1.81. The summed E-state index contributed by atoms with van der Waals surface area (Å²) in [7, 11) is 0. The molecule has 21 heavy (non-hydrogen) atoms. The topological polar surface area (TPSA) is 130 Å². The van der Waals surface area contributed by atoms with E-state index in [2.05, 4.69) is 4.74 Å². The summed E-state index contributed by atoms with van der Waals surface area (Å²) in [5, 5.41) is 36.7. The Hall–Kier alpha value is -0.765. The maximum Gasteiger partial charge on any atom is 1.00 e. The molecule has 0 heterocycles. The third-order valence-electron chi connectivity index (χ3n) is 1.81. The van der Waals surface area contributed by atoms with Gasteiger partial charge in [-0.15, -0.1) is 0 Å². The van der Waals surface area contributed by atoms with Crippen molar-refractivity contribution >= 4 is 11.9 Å². The summed E-state index contributed by atoms with van der Waals surface area (Å²) in [6.07, 6.45) is 0. The Morgan fingerprint density at radius 3 is 1.62 bits per heavy atom. The second-order valence-corrected chi connectivity index (χ2v) is 3.22. The van der Waals surface area contributed by atoms with E-state index in [9.17, 15) is 19.8 Å². The van der Waals surface area contributed by atoms with E-state index in [1.807, 2.05) is 0 Å². The molecule has 0 saturated heterocycles. The first-order chi connectivity index (χ1) is 9.02. The van der Waals surface area contributed by atoms with E-state index < -0.39 is 11.9 Å². The number of aliphatic hydroxyl groups excluding tert-OH is 2. The van der Waals surface area contributed by atoms with Crippen LogP contribution in [0.4, 0.5) is 0 Å². The van der Waals surface area contributed by atoms with Crippen LogP contribution in [-0.2, 0) is 4.74 Å². The van der Waals surface area contributed by atoms with Gasteiger partial charge >= 0.3 is 37.7 Å². The van der Waals surface area contributed by atoms with Crippen molar-refractivity contribution < 1.29 is 72.5 Å². The largest absolute Gasteiger partial charge is 1.00 e. The minimum Gasteiger partial charge on any atom is -0.545 e. The number of aliphatic hydroxyl groups is 2. The monoisotopic (exact) mass is 284 g/mol. The van der Waals surface area contributed by atoms with Crippen molar-refractivity contribution in [2.45, 2.75) is 0 Å². The number of carbonyl (C=O) groups is 2. The van der Waals surface area contributed by atoms with Gasteiger partial charge in [-0.2, -0.15) is 0 Å². The van der Waals surface area contributed by atoms with Crippen LogP contribution in [0.5, 0.6) is 0 Å². The van der Waals surface area contributed by atoms with E-state index in [4.69, 9.17) is 10.2 Å². The third kappa shape index (κ3) is 12.7. The zero-order valence-electron chi connectivity index (χ0n) is 12.1. The van der Waals surface area contributed by atoms with Crippen LogP contribution in [0, 0.1) is 0 Å². The van der Waals surface area contributed by atoms with Crippen molar-refractivity contribution in [2.75, 3.05) is 26.4 Å². The zero-order valence-corrected chi connectivity index (χ0v) is 12.1. The molecule has 106 valence electrons. The average Bonchev–Trinajstić information content (AvgIpc) is 2.40. The number of aromatic carboxylic acids is 2. The summed E-state index contributed by atoms with van der Waals surface area (Å²) < 4.78 is 4.63. The molecule has 0 amide bonds. The zero-order chi connectivity index (χ0) is 14.7. The van der Waals surface area contributed by atoms with E-state index in [-0.39, 0.29) is 62.1 Å². The quantitative estimate of drug-likeness (QED) is 0.392. The summed E-state index contributed by atoms with van der Waals surface area (Å²) in [6, 6.07) is 4.81. The number of hydrogen-bond donors (Lipinski definition) is 2. The van der Waals surface area contributed by atoms with Gasteiger partial charge < -0.3 is 34.8 Å². The summed E-state index contributed by atoms with van der Waals surface area (Å²) in [5.74, 6) is -2.81. The van der Waals surface area contributed by atoms with Gasteiger partial charge in [0.15, 0.2) is 0 Å². The second-order valence-electron chi connectivity index (χ2n) is 3.22. The van der Waals surface area contributed by atoms with E-state index in [1.54, 1.807) is 0 Å². The number of ether oxygens (including phenoxy) is 1. The van der Waals surface area contributed by atoms with Gasteiger partial charge in [0.1, 0.15) is 0 Å². The van der Waals surface area contributed by atoms with Crippen LogP contribution in [0.2, 0.25) is 0 Å². The fourth-order valence-corrected chi connectivity index (χ4v) is 1.00. The van der Waals surface area contributed by atoms with Crippen molar-refractivity contribution in [1.82, 2.24) is 0 Å². The molecule has 0 fully saturated rings. The Balaban J connectivity index is -0.000000317. The van der Waals surface area contributed by atoms with Crippen molar-refractivity contribution in [2.24, 2.45) is 0 Å². The molecule has 0 spiro atoms. The Morgan fingerprint density at radius 2 is 1.33 bits per heavy atom. The van der Waals surface area contributed by atoms with Crippen LogP contribution in [0.25, 0.3) is 0 Å². The first-order valence-corrected chi connectivity index (χ1v) is 5.35. The van der Waals surface area contributed by atoms with Crippen LogP contribution in [0.3, 0.4) is 0 Å². The van der Waals surface area contributed by atoms with Gasteiger partial charge in [0.2, 0.25) is 0 Å². The molecule has 0 saturated carbocycles. The van der Waals surface area contributed by atoms with Crippen LogP contribution >= 0.6 is 0 Å². The smallest absolute Gasteiger partial charge is 0.545 e. The van der Waals surface area contributed by atoms with Gasteiger partial charge in [-0.1, -0.05) is 18.2 Å². The summed E-state index contributed by atoms with van der Waals surface area (Å²) >= 11 is 0. The molecule has 0 aliphatic heterocycles. The average molecular weight is 284 g/mol. The Kier molecular flexibility index (Phi) is 18.7. The first-order valence-electron chi connectivity index (χ1n) is 5.35. The number of rotatable bonds is 6. The van der Waals surface area contributed by atoms with Crippen molar-refractivity contribution in [3.05, 3.63) is 35.4 Å². The predicted octanol–water partition coefficient (Wildman–Crippen LogP) is -8.59. The summed E-state index contributed by atoms with van der Waals surface area (Å²) in [4.78, 5) is 20.5. The van der Waals surface area contributed by atoms with E-state index >= 15 is 0 Å². The number of benzene rings is 1. The van der Waals surface area contributed by atoms with Crippen LogP contribution in [-0.4, -0.2) is 48.6 Å². The molecule has 0 bridgehead atoms. The molecule has 1 rings (SSSR count). The van der Waals surface area contributed by atoms with Crippen molar-refractivity contribution in [3.63, 3.8) is 0 Å². The molecule has 0 radical (unpaired) electrons. The minimum atomic E-state index is -1.40. The van der Waals surface area contributed by atoms with Crippen molar-refractivity contribution in [3.8, 4) is 0 Å². The molecule has 0 aliphatic carbocycles. The van der Waals surface area contributed by atoms with E-state index in [1.165, 1.54) is 18.2 Å². The van der Waals surface area contributed by atoms with Gasteiger partial charge in [0.05, 0.1) is 38.4 Å². The second kappa shape index (κ2) is 15.6. The number of carbonyl (C=O) groups excluding carboxylic acids is 2. The molecule has 1 aromatic carbocycles. The predicted molar refractivity (Wildman–Crippen MR) is 60.1 cm³/mol. The van der Waals surface area contributed by atoms with Crippen molar-refractivity contribution in [1.29, 1.82) is 0 Å². The van der Waals surface area contributed by atoms with Crippen LogP contribution < -0.4 is 47.9 Å². The SMILES string of the molecule is O=C([O-])c1cccc(C(=O)[O-])c1.OCCOCCO.[Li+].[Li+]. The van der Waals surface area contributed by atoms with E-state index in [0.717, 1.165) is 6.07 Å². The Bertz CT molecular complexity index is 379. The van der Waals surface area contributed by atoms with Gasteiger partial charge in [-0.05, 0) is 17.2 Å². The fourth-order valence-electron chi connectivity index (χ4n) is 1.00. The maximum absolute atomic E-state index is 10.3. The molecule has 2 N–H and O–H groups in total. The minimum absolute atomic E-state index is 0. The normalized spacial score (nSPS) is 8.48. The number of carboxylic acid groups (broad SMARTS) is 2. The molecule has 7 nitrogen and oxygen atoms in total. The summed E-state index contributed by atoms with van der Waals surface area (Å²) in [6.45, 7) is 0.696. The number of carboxylic acids is 2. The maximum atomic E-state index is 10.3. The van der Waals surface area contributed by atoms with Gasteiger partial charge in [0, 0.05) is 0 Å². The Labute approximate surface area is 146 Å². The standard InChI is InChI=1S/C8H6O4.C4H10O3.2Li/c9-7(10)5-2-1-3-6(4-5)8(11)12;5-1-3-7-4-2-6;;/h1-4H,(H,9,10)(H,11,12);5-6H,1-4H2;;/q;;2*+1/p-2. The molecule has 0 aromatic heterocycles.